The van der Waals surface area contributed by atoms with Gasteiger partial charge in [-0.15, -0.1) is 6.58 Å². The molecular weight excluding hydrogens is 286 g/mol. The van der Waals surface area contributed by atoms with E-state index in [0.29, 0.717) is 12.8 Å². The Morgan fingerprint density at radius 2 is 2.04 bits per heavy atom. The lowest BCUT2D eigenvalue weighted by atomic mass is 10.1. The molecule has 1 aromatic carbocycles. The summed E-state index contributed by atoms with van der Waals surface area (Å²) < 4.78 is 5.56. The number of esters is 1. The highest BCUT2D eigenvalue weighted by molar-refractivity contribution is 5.69. The fourth-order valence-electron chi connectivity index (χ4n) is 2.15. The van der Waals surface area contributed by atoms with Crippen molar-refractivity contribution in [2.24, 2.45) is 0 Å². The third-order valence-corrected chi connectivity index (χ3v) is 3.40. The summed E-state index contributed by atoms with van der Waals surface area (Å²) in [7, 11) is 0. The average Bonchev–Trinajstić information content (AvgIpc) is 2.57. The minimum atomic E-state index is -0.231. The maximum atomic E-state index is 11.9. The largest absolute Gasteiger partial charge is 0.458 e. The van der Waals surface area contributed by atoms with E-state index < -0.39 is 0 Å². The predicted octanol–water partition coefficient (Wildman–Crippen LogP) is 5.05. The van der Waals surface area contributed by atoms with Gasteiger partial charge in [0.05, 0.1) is 6.07 Å². The van der Waals surface area contributed by atoms with Crippen molar-refractivity contribution in [3.63, 3.8) is 0 Å². The molecule has 0 amide bonds. The second-order valence-corrected chi connectivity index (χ2v) is 5.38. The van der Waals surface area contributed by atoms with E-state index in [9.17, 15) is 4.79 Å². The van der Waals surface area contributed by atoms with Crippen molar-refractivity contribution in [2.75, 3.05) is 0 Å². The number of carbonyl (C=O) groups is 1. The van der Waals surface area contributed by atoms with Crippen molar-refractivity contribution in [1.82, 2.24) is 0 Å². The van der Waals surface area contributed by atoms with Gasteiger partial charge >= 0.3 is 5.97 Å². The number of nitriles is 1. The van der Waals surface area contributed by atoms with Crippen LogP contribution in [0.1, 0.15) is 50.5 Å². The molecule has 0 heterocycles. The third-order valence-electron chi connectivity index (χ3n) is 3.40. The molecule has 3 nitrogen and oxygen atoms in total. The molecule has 0 radical (unpaired) electrons. The van der Waals surface area contributed by atoms with Gasteiger partial charge in [-0.05, 0) is 43.7 Å². The quantitative estimate of drug-likeness (QED) is 0.326. The van der Waals surface area contributed by atoms with E-state index in [4.69, 9.17) is 10.00 Å². The van der Waals surface area contributed by atoms with Crippen molar-refractivity contribution >= 4 is 12.0 Å². The van der Waals surface area contributed by atoms with E-state index in [1.165, 1.54) is 0 Å². The molecule has 0 aromatic heterocycles. The van der Waals surface area contributed by atoms with Crippen LogP contribution in [0.15, 0.2) is 49.1 Å². The van der Waals surface area contributed by atoms with E-state index in [1.54, 1.807) is 0 Å². The molecule has 0 aliphatic rings. The zero-order chi connectivity index (χ0) is 16.8. The van der Waals surface area contributed by atoms with Crippen LogP contribution in [0.4, 0.5) is 0 Å². The first-order valence-corrected chi connectivity index (χ1v) is 8.17. The molecule has 1 aromatic rings. The zero-order valence-electron chi connectivity index (χ0n) is 13.6. The van der Waals surface area contributed by atoms with Crippen molar-refractivity contribution in [2.45, 2.75) is 51.0 Å². The lowest BCUT2D eigenvalue weighted by molar-refractivity contribution is -0.147. The van der Waals surface area contributed by atoms with E-state index in [1.807, 2.05) is 48.6 Å². The number of carbonyl (C=O) groups excluding carboxylic acids is 1. The average molecular weight is 311 g/mol. The number of nitrogens with zero attached hydrogens (tertiary/aromatic N) is 1. The molecule has 0 spiro atoms. The van der Waals surface area contributed by atoms with Crippen LogP contribution in [0.25, 0.3) is 6.08 Å². The summed E-state index contributed by atoms with van der Waals surface area (Å²) in [5.41, 5.74) is 1.08. The monoisotopic (exact) mass is 311 g/mol. The van der Waals surface area contributed by atoms with Gasteiger partial charge in [0.15, 0.2) is 0 Å². The molecule has 0 N–H and O–H groups in total. The van der Waals surface area contributed by atoms with Crippen molar-refractivity contribution in [3.8, 4) is 6.07 Å². The Kier molecular flexibility index (Phi) is 9.95. The molecule has 122 valence electrons. The van der Waals surface area contributed by atoms with Crippen molar-refractivity contribution in [3.05, 3.63) is 54.6 Å². The summed E-state index contributed by atoms with van der Waals surface area (Å²) >= 11 is 0. The summed E-state index contributed by atoms with van der Waals surface area (Å²) in [6, 6.07) is 12.1. The van der Waals surface area contributed by atoms with Gasteiger partial charge in [0.2, 0.25) is 0 Å². The minimum Gasteiger partial charge on any atom is -0.458 e. The normalized spacial score (nSPS) is 11.8. The number of ether oxygens (including phenoxy) is 1. The first kappa shape index (κ1) is 18.7. The smallest absolute Gasteiger partial charge is 0.306 e. The molecule has 1 atom stereocenters. The zero-order valence-corrected chi connectivity index (χ0v) is 13.6. The standard InChI is InChI=1S/C20H25NO2/c1-2-3-6-14-20(22)23-19(13-9-5-10-17-21)16-15-18-11-7-4-8-12-18/h2,4,7-8,11-12,15-16,19H,1,3,5-6,9-10,13-14H2/b16-15+/t19-/m1/s1. The van der Waals surface area contributed by atoms with E-state index in [-0.39, 0.29) is 12.1 Å². The number of hydrogen-bond donors (Lipinski definition) is 0. The van der Waals surface area contributed by atoms with Crippen LogP contribution in [0.3, 0.4) is 0 Å². The van der Waals surface area contributed by atoms with E-state index in [2.05, 4.69) is 12.6 Å². The van der Waals surface area contributed by atoms with Crippen LogP contribution in [0.5, 0.6) is 0 Å². The van der Waals surface area contributed by atoms with E-state index >= 15 is 0 Å². The molecule has 0 bridgehead atoms. The molecule has 1 rings (SSSR count). The van der Waals surface area contributed by atoms with Crippen LogP contribution in [0, 0.1) is 11.3 Å². The summed E-state index contributed by atoms with van der Waals surface area (Å²) in [5.74, 6) is -0.171. The molecule has 0 fully saturated rings. The maximum absolute atomic E-state index is 11.9. The Morgan fingerprint density at radius 1 is 1.26 bits per heavy atom. The summed E-state index contributed by atoms with van der Waals surface area (Å²) in [6.07, 6.45) is 10.5. The first-order chi connectivity index (χ1) is 11.3. The number of rotatable bonds is 11. The Labute approximate surface area is 139 Å². The van der Waals surface area contributed by atoms with Gasteiger partial charge in [-0.3, -0.25) is 4.79 Å². The number of allylic oxidation sites excluding steroid dienone is 1. The molecule has 0 unspecified atom stereocenters. The predicted molar refractivity (Wildman–Crippen MR) is 93.5 cm³/mol. The van der Waals surface area contributed by atoms with Crippen LogP contribution in [-0.2, 0) is 9.53 Å². The van der Waals surface area contributed by atoms with Gasteiger partial charge < -0.3 is 4.74 Å². The fourth-order valence-corrected chi connectivity index (χ4v) is 2.15. The molecule has 3 heteroatoms. The Morgan fingerprint density at radius 3 is 2.74 bits per heavy atom. The van der Waals surface area contributed by atoms with Crippen LogP contribution < -0.4 is 0 Å². The number of hydrogen-bond acceptors (Lipinski definition) is 3. The van der Waals surface area contributed by atoms with Crippen molar-refractivity contribution in [1.29, 1.82) is 5.26 Å². The Bertz CT molecular complexity index is 528. The van der Waals surface area contributed by atoms with Gasteiger partial charge in [0.1, 0.15) is 6.10 Å². The SMILES string of the molecule is C=CCCCC(=O)O[C@@H](/C=C/c1ccccc1)CCCCC#N. The highest BCUT2D eigenvalue weighted by Gasteiger charge is 2.11. The lowest BCUT2D eigenvalue weighted by Gasteiger charge is -2.14. The maximum Gasteiger partial charge on any atom is 0.306 e. The molecule has 0 saturated carbocycles. The fraction of sp³-hybridized carbons (Fsp3) is 0.400. The van der Waals surface area contributed by atoms with Crippen LogP contribution in [0.2, 0.25) is 0 Å². The summed E-state index contributed by atoms with van der Waals surface area (Å²) in [6.45, 7) is 3.65. The van der Waals surface area contributed by atoms with Gasteiger partial charge in [-0.2, -0.15) is 5.26 Å². The van der Waals surface area contributed by atoms with E-state index in [0.717, 1.165) is 37.7 Å². The minimum absolute atomic E-state index is 0.171. The van der Waals surface area contributed by atoms with Crippen LogP contribution in [-0.4, -0.2) is 12.1 Å². The first-order valence-electron chi connectivity index (χ1n) is 8.17. The third kappa shape index (κ3) is 9.31. The van der Waals surface area contributed by atoms with Gasteiger partial charge in [0.25, 0.3) is 0 Å². The molecule has 0 aliphatic heterocycles. The molecule has 0 aliphatic carbocycles. The highest BCUT2D eigenvalue weighted by Crippen LogP contribution is 2.12. The number of unbranched alkanes of at least 4 members (excludes halogenated alkanes) is 3. The number of benzene rings is 1. The Hall–Kier alpha value is -2.34. The van der Waals surface area contributed by atoms with Gasteiger partial charge in [-0.25, -0.2) is 0 Å². The van der Waals surface area contributed by atoms with Crippen molar-refractivity contribution < 1.29 is 9.53 Å². The highest BCUT2D eigenvalue weighted by atomic mass is 16.5. The molecule has 0 saturated heterocycles. The molecule has 23 heavy (non-hydrogen) atoms. The summed E-state index contributed by atoms with van der Waals surface area (Å²) in [5, 5.41) is 8.59. The Balaban J connectivity index is 2.53. The molecular formula is C20H25NO2. The van der Waals surface area contributed by atoms with Gasteiger partial charge in [-0.1, -0.05) is 42.5 Å². The van der Waals surface area contributed by atoms with Gasteiger partial charge in [0, 0.05) is 12.8 Å². The topological polar surface area (TPSA) is 50.1 Å². The summed E-state index contributed by atoms with van der Waals surface area (Å²) in [4.78, 5) is 11.9. The second-order valence-electron chi connectivity index (χ2n) is 5.38. The lowest BCUT2D eigenvalue weighted by Crippen LogP contribution is -2.16. The second kappa shape index (κ2) is 12.2. The van der Waals surface area contributed by atoms with Crippen LogP contribution >= 0.6 is 0 Å².